The quantitative estimate of drug-likeness (QED) is 0.816. The summed E-state index contributed by atoms with van der Waals surface area (Å²) in [5, 5.41) is 3.65. The molecule has 0 heterocycles. The number of nitrogens with one attached hydrogen (secondary N) is 1. The fourth-order valence-corrected chi connectivity index (χ4v) is 1.81. The van der Waals surface area contributed by atoms with E-state index in [4.69, 9.17) is 11.6 Å². The molecular formula is C12H17ClFN. The molecule has 0 aliphatic carbocycles. The molecule has 1 aromatic rings. The highest BCUT2D eigenvalue weighted by molar-refractivity contribution is 6.30. The van der Waals surface area contributed by atoms with Crippen molar-refractivity contribution >= 4 is 11.6 Å². The Morgan fingerprint density at radius 2 is 2.20 bits per heavy atom. The van der Waals surface area contributed by atoms with E-state index >= 15 is 0 Å². The molecule has 0 radical (unpaired) electrons. The Hall–Kier alpha value is -0.600. The van der Waals surface area contributed by atoms with Gasteiger partial charge in [-0.2, -0.15) is 0 Å². The standard InChI is InChI=1S/C12H17ClFN/c1-3-4-11(15-2)7-9-5-6-10(13)8-12(9)14/h5-6,8,11,15H,3-4,7H2,1-2H3. The van der Waals surface area contributed by atoms with E-state index in [2.05, 4.69) is 12.2 Å². The van der Waals surface area contributed by atoms with Crippen molar-refractivity contribution in [1.82, 2.24) is 5.32 Å². The fraction of sp³-hybridized carbons (Fsp3) is 0.500. The number of benzene rings is 1. The lowest BCUT2D eigenvalue weighted by Gasteiger charge is -2.15. The molecule has 0 amide bonds. The second-order valence-corrected chi connectivity index (χ2v) is 4.15. The first-order valence-corrected chi connectivity index (χ1v) is 5.66. The highest BCUT2D eigenvalue weighted by Gasteiger charge is 2.09. The van der Waals surface area contributed by atoms with Crippen LogP contribution in [0.5, 0.6) is 0 Å². The first-order valence-electron chi connectivity index (χ1n) is 5.28. The van der Waals surface area contributed by atoms with E-state index in [9.17, 15) is 4.39 Å². The summed E-state index contributed by atoms with van der Waals surface area (Å²) in [6.45, 7) is 2.13. The van der Waals surface area contributed by atoms with E-state index in [0.29, 0.717) is 17.5 Å². The Labute approximate surface area is 95.6 Å². The molecule has 0 spiro atoms. The van der Waals surface area contributed by atoms with Gasteiger partial charge in [0.2, 0.25) is 0 Å². The van der Waals surface area contributed by atoms with Crippen molar-refractivity contribution in [3.8, 4) is 0 Å². The maximum absolute atomic E-state index is 13.5. The first-order chi connectivity index (χ1) is 7.17. The molecule has 84 valence electrons. The smallest absolute Gasteiger partial charge is 0.127 e. The molecule has 1 N–H and O–H groups in total. The number of hydrogen-bond donors (Lipinski definition) is 1. The van der Waals surface area contributed by atoms with Crippen LogP contribution < -0.4 is 5.32 Å². The highest BCUT2D eigenvalue weighted by atomic mass is 35.5. The predicted octanol–water partition coefficient (Wildman–Crippen LogP) is 3.41. The third-order valence-electron chi connectivity index (χ3n) is 2.53. The van der Waals surface area contributed by atoms with E-state index in [1.165, 1.54) is 6.07 Å². The zero-order valence-electron chi connectivity index (χ0n) is 9.19. The van der Waals surface area contributed by atoms with Gasteiger partial charge in [0, 0.05) is 11.1 Å². The lowest BCUT2D eigenvalue weighted by Crippen LogP contribution is -2.27. The minimum Gasteiger partial charge on any atom is -0.317 e. The zero-order valence-corrected chi connectivity index (χ0v) is 9.94. The summed E-state index contributed by atoms with van der Waals surface area (Å²) in [6, 6.07) is 5.21. The van der Waals surface area contributed by atoms with Crippen LogP contribution in [0.15, 0.2) is 18.2 Å². The number of hydrogen-bond acceptors (Lipinski definition) is 1. The van der Waals surface area contributed by atoms with E-state index in [1.807, 2.05) is 7.05 Å². The maximum Gasteiger partial charge on any atom is 0.127 e. The number of likely N-dealkylation sites (N-methyl/N-ethyl adjacent to an activating group) is 1. The molecule has 0 bridgehead atoms. The summed E-state index contributed by atoms with van der Waals surface area (Å²) in [4.78, 5) is 0. The van der Waals surface area contributed by atoms with Gasteiger partial charge in [-0.25, -0.2) is 4.39 Å². The molecule has 0 aliphatic rings. The maximum atomic E-state index is 13.5. The van der Waals surface area contributed by atoms with Crippen LogP contribution in [0, 0.1) is 5.82 Å². The summed E-state index contributed by atoms with van der Waals surface area (Å²) in [5.41, 5.74) is 0.729. The van der Waals surface area contributed by atoms with Gasteiger partial charge in [0.15, 0.2) is 0 Å². The summed E-state index contributed by atoms with van der Waals surface area (Å²) < 4.78 is 13.5. The van der Waals surface area contributed by atoms with Crippen molar-refractivity contribution in [1.29, 1.82) is 0 Å². The van der Waals surface area contributed by atoms with Gasteiger partial charge in [-0.05, 0) is 37.6 Å². The Kier molecular flexibility index (Phi) is 5.06. The Morgan fingerprint density at radius 3 is 2.73 bits per heavy atom. The molecule has 0 aromatic heterocycles. The molecule has 1 atom stereocenters. The molecule has 1 rings (SSSR count). The van der Waals surface area contributed by atoms with Gasteiger partial charge in [0.25, 0.3) is 0 Å². The Balaban J connectivity index is 2.70. The largest absolute Gasteiger partial charge is 0.317 e. The fourth-order valence-electron chi connectivity index (χ4n) is 1.65. The van der Waals surface area contributed by atoms with Crippen LogP contribution >= 0.6 is 11.6 Å². The lowest BCUT2D eigenvalue weighted by atomic mass is 10.0. The van der Waals surface area contributed by atoms with Crippen molar-refractivity contribution < 1.29 is 4.39 Å². The van der Waals surface area contributed by atoms with E-state index in [0.717, 1.165) is 18.4 Å². The Morgan fingerprint density at radius 1 is 1.47 bits per heavy atom. The van der Waals surface area contributed by atoms with Gasteiger partial charge in [0.1, 0.15) is 5.82 Å². The minimum absolute atomic E-state index is 0.209. The molecule has 0 saturated carbocycles. The van der Waals surface area contributed by atoms with Crippen LogP contribution in [-0.2, 0) is 6.42 Å². The number of halogens is 2. The molecule has 1 unspecified atom stereocenters. The zero-order chi connectivity index (χ0) is 11.3. The van der Waals surface area contributed by atoms with Crippen LogP contribution in [0.25, 0.3) is 0 Å². The SMILES string of the molecule is CCCC(Cc1ccc(Cl)cc1F)NC. The molecule has 0 aliphatic heterocycles. The van der Waals surface area contributed by atoms with Crippen molar-refractivity contribution in [2.75, 3.05) is 7.05 Å². The molecule has 15 heavy (non-hydrogen) atoms. The van der Waals surface area contributed by atoms with Crippen LogP contribution in [0.2, 0.25) is 5.02 Å². The van der Waals surface area contributed by atoms with Gasteiger partial charge in [0.05, 0.1) is 0 Å². The van der Waals surface area contributed by atoms with Gasteiger partial charge in [-0.15, -0.1) is 0 Å². The molecule has 0 fully saturated rings. The van der Waals surface area contributed by atoms with E-state index in [1.54, 1.807) is 12.1 Å². The van der Waals surface area contributed by atoms with Crippen molar-refractivity contribution in [3.05, 3.63) is 34.6 Å². The predicted molar refractivity (Wildman–Crippen MR) is 62.9 cm³/mol. The van der Waals surface area contributed by atoms with Gasteiger partial charge < -0.3 is 5.32 Å². The van der Waals surface area contributed by atoms with Crippen LogP contribution in [0.1, 0.15) is 25.3 Å². The second kappa shape index (κ2) is 6.09. The van der Waals surface area contributed by atoms with Crippen molar-refractivity contribution in [2.24, 2.45) is 0 Å². The second-order valence-electron chi connectivity index (χ2n) is 3.71. The highest BCUT2D eigenvalue weighted by Crippen LogP contribution is 2.16. The normalized spacial score (nSPS) is 12.8. The Bertz CT molecular complexity index is 314. The lowest BCUT2D eigenvalue weighted by molar-refractivity contribution is 0.499. The van der Waals surface area contributed by atoms with Crippen LogP contribution in [0.4, 0.5) is 4.39 Å². The van der Waals surface area contributed by atoms with Crippen molar-refractivity contribution in [3.63, 3.8) is 0 Å². The van der Waals surface area contributed by atoms with Gasteiger partial charge in [-0.3, -0.25) is 0 Å². The molecule has 1 aromatic carbocycles. The molecule has 3 heteroatoms. The average molecular weight is 230 g/mol. The topological polar surface area (TPSA) is 12.0 Å². The van der Waals surface area contributed by atoms with E-state index in [-0.39, 0.29) is 5.82 Å². The summed E-state index contributed by atoms with van der Waals surface area (Å²) in [7, 11) is 1.91. The summed E-state index contributed by atoms with van der Waals surface area (Å²) in [5.74, 6) is -0.209. The third kappa shape index (κ3) is 3.80. The summed E-state index contributed by atoms with van der Waals surface area (Å²) >= 11 is 5.69. The monoisotopic (exact) mass is 229 g/mol. The van der Waals surface area contributed by atoms with Crippen LogP contribution in [-0.4, -0.2) is 13.1 Å². The molecular weight excluding hydrogens is 213 g/mol. The minimum atomic E-state index is -0.209. The van der Waals surface area contributed by atoms with Gasteiger partial charge in [-0.1, -0.05) is 31.0 Å². The summed E-state index contributed by atoms with van der Waals surface area (Å²) in [6.07, 6.45) is 2.87. The number of rotatable bonds is 5. The third-order valence-corrected chi connectivity index (χ3v) is 2.76. The first kappa shape index (κ1) is 12.5. The van der Waals surface area contributed by atoms with E-state index < -0.39 is 0 Å². The molecule has 1 nitrogen and oxygen atoms in total. The van der Waals surface area contributed by atoms with Gasteiger partial charge >= 0.3 is 0 Å². The average Bonchev–Trinajstić information content (AvgIpc) is 2.21. The van der Waals surface area contributed by atoms with Crippen LogP contribution in [0.3, 0.4) is 0 Å². The van der Waals surface area contributed by atoms with Crippen molar-refractivity contribution in [2.45, 2.75) is 32.2 Å². The molecule has 0 saturated heterocycles.